The normalized spacial score (nSPS) is 11.5. The number of hydrogen-bond acceptors (Lipinski definition) is 3. The summed E-state index contributed by atoms with van der Waals surface area (Å²) in [5.41, 5.74) is 0. The van der Waals surface area contributed by atoms with Gasteiger partial charge in [-0.2, -0.15) is 0 Å². The molecule has 1 aromatic carbocycles. The lowest BCUT2D eigenvalue weighted by Crippen LogP contribution is -2.42. The Bertz CT molecular complexity index is 408. The van der Waals surface area contributed by atoms with Crippen molar-refractivity contribution < 1.29 is 4.74 Å². The minimum absolute atomic E-state index is 0.612. The van der Waals surface area contributed by atoms with E-state index in [1.807, 2.05) is 30.3 Å². The molecule has 0 heterocycles. The van der Waals surface area contributed by atoms with E-state index in [1.165, 1.54) is 12.8 Å². The summed E-state index contributed by atoms with van der Waals surface area (Å²) in [4.78, 5) is 6.55. The molecule has 0 bridgehead atoms. The Kier molecular flexibility index (Phi) is 9.87. The molecule has 124 valence electrons. The quantitative estimate of drug-likeness (QED) is 0.394. The maximum Gasteiger partial charge on any atom is 0.191 e. The third kappa shape index (κ3) is 8.52. The van der Waals surface area contributed by atoms with Gasteiger partial charge in [-0.25, -0.2) is 0 Å². The third-order valence-electron chi connectivity index (χ3n) is 3.31. The number of nitrogens with zero attached hydrogens (tertiary/aromatic N) is 2. The summed E-state index contributed by atoms with van der Waals surface area (Å²) < 4.78 is 5.63. The minimum atomic E-state index is 0.612. The molecule has 22 heavy (non-hydrogen) atoms. The standard InChI is InChI=1S/C17H30N4O/c1-4-5-13-21(3)14-11-19-17(18-2)20-12-15-22-16-9-7-6-8-10-16/h6-10H,4-5,11-15H2,1-3H3,(H2,18,19,20). The molecule has 1 aromatic rings. The van der Waals surface area contributed by atoms with E-state index in [1.54, 1.807) is 7.05 Å². The first-order valence-electron chi connectivity index (χ1n) is 8.07. The van der Waals surface area contributed by atoms with Gasteiger partial charge in [0.1, 0.15) is 12.4 Å². The van der Waals surface area contributed by atoms with Crippen molar-refractivity contribution in [3.05, 3.63) is 30.3 Å². The van der Waals surface area contributed by atoms with Gasteiger partial charge in [0.15, 0.2) is 5.96 Å². The van der Waals surface area contributed by atoms with Crippen LogP contribution in [0.1, 0.15) is 19.8 Å². The molecule has 0 aliphatic carbocycles. The lowest BCUT2D eigenvalue weighted by Gasteiger charge is -2.18. The van der Waals surface area contributed by atoms with Crippen LogP contribution in [-0.2, 0) is 0 Å². The lowest BCUT2D eigenvalue weighted by atomic mass is 10.3. The van der Waals surface area contributed by atoms with Crippen LogP contribution >= 0.6 is 0 Å². The highest BCUT2D eigenvalue weighted by molar-refractivity contribution is 5.79. The summed E-state index contributed by atoms with van der Waals surface area (Å²) in [6.07, 6.45) is 2.49. The van der Waals surface area contributed by atoms with E-state index < -0.39 is 0 Å². The highest BCUT2D eigenvalue weighted by atomic mass is 16.5. The van der Waals surface area contributed by atoms with Crippen molar-refractivity contribution in [2.45, 2.75) is 19.8 Å². The molecular weight excluding hydrogens is 276 g/mol. The van der Waals surface area contributed by atoms with Crippen molar-refractivity contribution in [1.82, 2.24) is 15.5 Å². The van der Waals surface area contributed by atoms with Crippen LogP contribution in [0, 0.1) is 0 Å². The van der Waals surface area contributed by atoms with Crippen LogP contribution in [0.5, 0.6) is 5.75 Å². The number of unbranched alkanes of at least 4 members (excludes halogenated alkanes) is 1. The van der Waals surface area contributed by atoms with Gasteiger partial charge < -0.3 is 20.3 Å². The maximum absolute atomic E-state index is 5.63. The molecule has 0 radical (unpaired) electrons. The number of hydrogen-bond donors (Lipinski definition) is 2. The van der Waals surface area contributed by atoms with Crippen LogP contribution in [0.4, 0.5) is 0 Å². The Morgan fingerprint density at radius 1 is 1.14 bits per heavy atom. The summed E-state index contributed by atoms with van der Waals surface area (Å²) >= 11 is 0. The average molecular weight is 306 g/mol. The molecular formula is C17H30N4O. The summed E-state index contributed by atoms with van der Waals surface area (Å²) in [5.74, 6) is 1.71. The molecule has 0 aromatic heterocycles. The van der Waals surface area contributed by atoms with Gasteiger partial charge in [0.05, 0.1) is 6.54 Å². The molecule has 0 saturated heterocycles. The topological polar surface area (TPSA) is 48.9 Å². The number of ether oxygens (including phenoxy) is 1. The number of aliphatic imine (C=N–C) groups is 1. The van der Waals surface area contributed by atoms with Crippen molar-refractivity contribution in [2.24, 2.45) is 4.99 Å². The van der Waals surface area contributed by atoms with E-state index in [2.05, 4.69) is 34.5 Å². The Morgan fingerprint density at radius 2 is 1.86 bits per heavy atom. The van der Waals surface area contributed by atoms with Crippen LogP contribution in [0.3, 0.4) is 0 Å². The first-order chi connectivity index (χ1) is 10.8. The van der Waals surface area contributed by atoms with Crippen LogP contribution in [0.25, 0.3) is 0 Å². The van der Waals surface area contributed by atoms with Crippen LogP contribution in [0.15, 0.2) is 35.3 Å². The predicted molar refractivity (Wildman–Crippen MR) is 93.7 cm³/mol. The monoisotopic (exact) mass is 306 g/mol. The molecule has 0 aliphatic heterocycles. The van der Waals surface area contributed by atoms with Gasteiger partial charge >= 0.3 is 0 Å². The molecule has 5 heteroatoms. The van der Waals surface area contributed by atoms with E-state index in [0.29, 0.717) is 6.61 Å². The van der Waals surface area contributed by atoms with Crippen LogP contribution in [0.2, 0.25) is 0 Å². The van der Waals surface area contributed by atoms with E-state index in [9.17, 15) is 0 Å². The van der Waals surface area contributed by atoms with Crippen molar-refractivity contribution in [1.29, 1.82) is 0 Å². The minimum Gasteiger partial charge on any atom is -0.492 e. The third-order valence-corrected chi connectivity index (χ3v) is 3.31. The van der Waals surface area contributed by atoms with Gasteiger partial charge in [-0.15, -0.1) is 0 Å². The molecule has 1 rings (SSSR count). The Morgan fingerprint density at radius 3 is 2.55 bits per heavy atom. The Balaban J connectivity index is 2.09. The average Bonchev–Trinajstić information content (AvgIpc) is 2.56. The molecule has 0 unspecified atom stereocenters. The zero-order valence-corrected chi connectivity index (χ0v) is 14.1. The molecule has 0 saturated carbocycles. The van der Waals surface area contributed by atoms with E-state index >= 15 is 0 Å². The largest absolute Gasteiger partial charge is 0.492 e. The van der Waals surface area contributed by atoms with Gasteiger partial charge in [0.25, 0.3) is 0 Å². The summed E-state index contributed by atoms with van der Waals surface area (Å²) in [6.45, 7) is 6.60. The van der Waals surface area contributed by atoms with E-state index in [-0.39, 0.29) is 0 Å². The number of guanidine groups is 1. The first-order valence-corrected chi connectivity index (χ1v) is 8.07. The molecule has 0 aliphatic rings. The second-order valence-electron chi connectivity index (χ2n) is 5.24. The van der Waals surface area contributed by atoms with Crippen molar-refractivity contribution in [2.75, 3.05) is 46.9 Å². The van der Waals surface area contributed by atoms with Gasteiger partial charge in [-0.05, 0) is 32.1 Å². The fourth-order valence-electron chi connectivity index (χ4n) is 1.98. The number of rotatable bonds is 10. The van der Waals surface area contributed by atoms with Gasteiger partial charge in [-0.1, -0.05) is 31.5 Å². The van der Waals surface area contributed by atoms with Gasteiger partial charge in [-0.3, -0.25) is 4.99 Å². The highest BCUT2D eigenvalue weighted by Gasteiger charge is 2.00. The zero-order chi connectivity index (χ0) is 16.0. The van der Waals surface area contributed by atoms with Gasteiger partial charge in [0.2, 0.25) is 0 Å². The molecule has 0 fully saturated rings. The highest BCUT2D eigenvalue weighted by Crippen LogP contribution is 2.07. The second-order valence-corrected chi connectivity index (χ2v) is 5.24. The van der Waals surface area contributed by atoms with E-state index in [4.69, 9.17) is 4.74 Å². The maximum atomic E-state index is 5.63. The number of nitrogens with one attached hydrogen (secondary N) is 2. The van der Waals surface area contributed by atoms with Crippen molar-refractivity contribution in [3.63, 3.8) is 0 Å². The molecule has 0 spiro atoms. The molecule has 0 amide bonds. The van der Waals surface area contributed by atoms with Gasteiger partial charge in [0, 0.05) is 20.1 Å². The zero-order valence-electron chi connectivity index (χ0n) is 14.1. The van der Waals surface area contributed by atoms with Crippen LogP contribution < -0.4 is 15.4 Å². The summed E-state index contributed by atoms with van der Waals surface area (Å²) in [6, 6.07) is 9.84. The fourth-order valence-corrected chi connectivity index (χ4v) is 1.98. The second kappa shape index (κ2) is 11.9. The van der Waals surface area contributed by atoms with Crippen LogP contribution in [-0.4, -0.2) is 57.7 Å². The fraction of sp³-hybridized carbons (Fsp3) is 0.588. The predicted octanol–water partition coefficient (Wildman–Crippen LogP) is 1.96. The molecule has 5 nitrogen and oxygen atoms in total. The van der Waals surface area contributed by atoms with Crippen molar-refractivity contribution >= 4 is 5.96 Å². The summed E-state index contributed by atoms with van der Waals surface area (Å²) in [5, 5.41) is 6.57. The number of likely N-dealkylation sites (N-methyl/N-ethyl adjacent to an activating group) is 1. The first kappa shape index (κ1) is 18.3. The SMILES string of the molecule is CCCCN(C)CCNC(=NC)NCCOc1ccccc1. The van der Waals surface area contributed by atoms with Crippen molar-refractivity contribution in [3.8, 4) is 5.75 Å². The number of benzene rings is 1. The van der Waals surface area contributed by atoms with E-state index in [0.717, 1.165) is 37.9 Å². The summed E-state index contributed by atoms with van der Waals surface area (Å²) in [7, 11) is 3.94. The Hall–Kier alpha value is -1.75. The molecule has 0 atom stereocenters. The number of para-hydroxylation sites is 1. The molecule has 2 N–H and O–H groups in total. The Labute approximate surface area is 134 Å². The lowest BCUT2D eigenvalue weighted by molar-refractivity contribution is 0.320. The smallest absolute Gasteiger partial charge is 0.191 e.